The maximum Gasteiger partial charge on any atom is 0.255 e. The van der Waals surface area contributed by atoms with Crippen LogP contribution in [-0.2, 0) is 6.54 Å². The van der Waals surface area contributed by atoms with Crippen LogP contribution in [0.5, 0.6) is 0 Å². The standard InChI is InChI=1S/C19H18Cl2N6O/c20-17-4-3-16(10-18(17)21)27-13-15(23-24-27)12-25-6-8-26(9-7-25)19(28)14-2-1-5-22-11-14/h1-5,10-11,13H,6-9,12H2. The van der Waals surface area contributed by atoms with Crippen molar-refractivity contribution in [2.24, 2.45) is 0 Å². The van der Waals surface area contributed by atoms with Crippen molar-refractivity contribution in [2.75, 3.05) is 26.2 Å². The topological polar surface area (TPSA) is 67.2 Å². The van der Waals surface area contributed by atoms with Crippen molar-refractivity contribution in [3.8, 4) is 5.69 Å². The van der Waals surface area contributed by atoms with Crippen LogP contribution in [-0.4, -0.2) is 61.9 Å². The Morgan fingerprint density at radius 1 is 1.07 bits per heavy atom. The quantitative estimate of drug-likeness (QED) is 0.653. The molecule has 0 radical (unpaired) electrons. The van der Waals surface area contributed by atoms with Crippen molar-refractivity contribution in [1.29, 1.82) is 0 Å². The second-order valence-electron chi connectivity index (χ2n) is 6.56. The fraction of sp³-hybridized carbons (Fsp3) is 0.263. The van der Waals surface area contributed by atoms with Gasteiger partial charge >= 0.3 is 0 Å². The van der Waals surface area contributed by atoms with Gasteiger partial charge in [0.2, 0.25) is 0 Å². The van der Waals surface area contributed by atoms with Crippen molar-refractivity contribution in [1.82, 2.24) is 29.8 Å². The lowest BCUT2D eigenvalue weighted by molar-refractivity contribution is 0.0626. The zero-order chi connectivity index (χ0) is 19.5. The fourth-order valence-corrected chi connectivity index (χ4v) is 3.43. The predicted molar refractivity (Wildman–Crippen MR) is 107 cm³/mol. The number of pyridine rings is 1. The van der Waals surface area contributed by atoms with E-state index in [-0.39, 0.29) is 5.91 Å². The van der Waals surface area contributed by atoms with Crippen molar-refractivity contribution < 1.29 is 4.79 Å². The van der Waals surface area contributed by atoms with E-state index in [2.05, 4.69) is 20.2 Å². The van der Waals surface area contributed by atoms with Gasteiger partial charge in [0, 0.05) is 45.1 Å². The molecule has 1 aromatic carbocycles. The smallest absolute Gasteiger partial charge is 0.255 e. The van der Waals surface area contributed by atoms with Crippen molar-refractivity contribution in [2.45, 2.75) is 6.54 Å². The highest BCUT2D eigenvalue weighted by Gasteiger charge is 2.22. The van der Waals surface area contributed by atoms with Gasteiger partial charge in [-0.2, -0.15) is 0 Å². The van der Waals surface area contributed by atoms with E-state index in [9.17, 15) is 4.79 Å². The maximum absolute atomic E-state index is 12.5. The lowest BCUT2D eigenvalue weighted by Gasteiger charge is -2.34. The molecule has 0 saturated carbocycles. The van der Waals surface area contributed by atoms with Crippen LogP contribution in [0, 0.1) is 0 Å². The van der Waals surface area contributed by atoms with Gasteiger partial charge in [-0.25, -0.2) is 4.68 Å². The molecule has 1 aliphatic rings. The van der Waals surface area contributed by atoms with Crippen LogP contribution >= 0.6 is 23.2 Å². The Balaban J connectivity index is 1.35. The lowest BCUT2D eigenvalue weighted by Crippen LogP contribution is -2.48. The normalized spacial score (nSPS) is 15.0. The third-order valence-electron chi connectivity index (χ3n) is 4.66. The Morgan fingerprint density at radius 3 is 2.61 bits per heavy atom. The number of carbonyl (C=O) groups excluding carboxylic acids is 1. The molecule has 0 bridgehead atoms. The number of nitrogens with zero attached hydrogens (tertiary/aromatic N) is 6. The van der Waals surface area contributed by atoms with Gasteiger partial charge < -0.3 is 4.90 Å². The van der Waals surface area contributed by atoms with Crippen molar-refractivity contribution >= 4 is 29.1 Å². The van der Waals surface area contributed by atoms with E-state index in [1.807, 2.05) is 17.2 Å². The molecule has 1 fully saturated rings. The minimum Gasteiger partial charge on any atom is -0.336 e. The number of aromatic nitrogens is 4. The number of halogens is 2. The van der Waals surface area contributed by atoms with Gasteiger partial charge in [0.15, 0.2) is 0 Å². The maximum atomic E-state index is 12.5. The first kappa shape index (κ1) is 18.9. The summed E-state index contributed by atoms with van der Waals surface area (Å²) in [6.07, 6.45) is 5.16. The van der Waals surface area contributed by atoms with E-state index in [0.717, 1.165) is 24.5 Å². The molecule has 28 heavy (non-hydrogen) atoms. The highest BCUT2D eigenvalue weighted by molar-refractivity contribution is 6.42. The van der Waals surface area contributed by atoms with E-state index < -0.39 is 0 Å². The van der Waals surface area contributed by atoms with Crippen LogP contribution in [0.25, 0.3) is 5.69 Å². The molecule has 0 atom stereocenters. The summed E-state index contributed by atoms with van der Waals surface area (Å²) in [7, 11) is 0. The van der Waals surface area contributed by atoms with Crippen molar-refractivity contribution in [3.05, 3.63) is 70.2 Å². The molecule has 1 aliphatic heterocycles. The summed E-state index contributed by atoms with van der Waals surface area (Å²) in [6.45, 7) is 3.59. The number of benzene rings is 1. The summed E-state index contributed by atoms with van der Waals surface area (Å²) in [5.74, 6) is 0.0262. The van der Waals surface area contributed by atoms with Crippen LogP contribution < -0.4 is 0 Å². The minimum atomic E-state index is 0.0262. The van der Waals surface area contributed by atoms with Gasteiger partial charge in [0.05, 0.1) is 33.2 Å². The van der Waals surface area contributed by atoms with Crippen LogP contribution in [0.15, 0.2) is 48.9 Å². The molecule has 9 heteroatoms. The summed E-state index contributed by atoms with van der Waals surface area (Å²) in [5.41, 5.74) is 2.29. The lowest BCUT2D eigenvalue weighted by atomic mass is 10.2. The van der Waals surface area contributed by atoms with Gasteiger partial charge in [-0.05, 0) is 30.3 Å². The number of amides is 1. The Hall–Kier alpha value is -2.48. The number of piperazine rings is 1. The SMILES string of the molecule is O=C(c1cccnc1)N1CCN(Cc2cn(-c3ccc(Cl)c(Cl)c3)nn2)CC1. The predicted octanol–water partition coefficient (Wildman–Crippen LogP) is 2.93. The zero-order valence-electron chi connectivity index (χ0n) is 15.0. The molecule has 0 N–H and O–H groups in total. The average molecular weight is 417 g/mol. The highest BCUT2D eigenvalue weighted by atomic mass is 35.5. The summed E-state index contributed by atoms with van der Waals surface area (Å²) in [5, 5.41) is 9.40. The van der Waals surface area contributed by atoms with Crippen LogP contribution in [0.4, 0.5) is 0 Å². The molecule has 0 spiro atoms. The van der Waals surface area contributed by atoms with E-state index in [1.165, 1.54) is 0 Å². The third-order valence-corrected chi connectivity index (χ3v) is 5.40. The highest BCUT2D eigenvalue weighted by Crippen LogP contribution is 2.24. The number of hydrogen-bond donors (Lipinski definition) is 0. The monoisotopic (exact) mass is 416 g/mol. The molecule has 2 aromatic heterocycles. The van der Waals surface area contributed by atoms with Crippen molar-refractivity contribution in [3.63, 3.8) is 0 Å². The molecule has 3 heterocycles. The van der Waals surface area contributed by atoms with E-state index in [0.29, 0.717) is 35.2 Å². The first-order chi connectivity index (χ1) is 13.6. The number of carbonyl (C=O) groups is 1. The fourth-order valence-electron chi connectivity index (χ4n) is 3.13. The zero-order valence-corrected chi connectivity index (χ0v) is 16.5. The van der Waals surface area contributed by atoms with E-state index >= 15 is 0 Å². The van der Waals surface area contributed by atoms with Crippen LogP contribution in [0.1, 0.15) is 16.1 Å². The Labute approximate surface area is 172 Å². The molecule has 7 nitrogen and oxygen atoms in total. The molecule has 3 aromatic rings. The second kappa shape index (κ2) is 8.26. The molecule has 1 saturated heterocycles. The molecular formula is C19H18Cl2N6O. The molecule has 4 rings (SSSR count). The molecule has 1 amide bonds. The first-order valence-corrected chi connectivity index (χ1v) is 9.64. The first-order valence-electron chi connectivity index (χ1n) is 8.88. The van der Waals surface area contributed by atoms with Crippen LogP contribution in [0.3, 0.4) is 0 Å². The Morgan fingerprint density at radius 2 is 1.89 bits per heavy atom. The van der Waals surface area contributed by atoms with Gasteiger partial charge in [-0.3, -0.25) is 14.7 Å². The summed E-state index contributed by atoms with van der Waals surface area (Å²) in [6, 6.07) is 8.91. The largest absolute Gasteiger partial charge is 0.336 e. The minimum absolute atomic E-state index is 0.0262. The van der Waals surface area contributed by atoms with Gasteiger partial charge in [-0.15, -0.1) is 5.10 Å². The second-order valence-corrected chi connectivity index (χ2v) is 7.38. The van der Waals surface area contributed by atoms with Gasteiger partial charge in [-0.1, -0.05) is 28.4 Å². The Kier molecular flexibility index (Phi) is 5.57. The Bertz CT molecular complexity index is 970. The molecular weight excluding hydrogens is 399 g/mol. The molecule has 0 unspecified atom stereocenters. The van der Waals surface area contributed by atoms with Crippen LogP contribution in [0.2, 0.25) is 10.0 Å². The molecule has 144 valence electrons. The average Bonchev–Trinajstić information content (AvgIpc) is 3.19. The molecule has 0 aliphatic carbocycles. The third kappa shape index (κ3) is 4.16. The number of rotatable bonds is 4. The number of hydrogen-bond acceptors (Lipinski definition) is 5. The van der Waals surface area contributed by atoms with E-state index in [4.69, 9.17) is 23.2 Å². The van der Waals surface area contributed by atoms with Gasteiger partial charge in [0.25, 0.3) is 5.91 Å². The van der Waals surface area contributed by atoms with Gasteiger partial charge in [0.1, 0.15) is 0 Å². The van der Waals surface area contributed by atoms with E-state index in [1.54, 1.807) is 41.3 Å². The summed E-state index contributed by atoms with van der Waals surface area (Å²) in [4.78, 5) is 20.6. The summed E-state index contributed by atoms with van der Waals surface area (Å²) >= 11 is 12.0. The summed E-state index contributed by atoms with van der Waals surface area (Å²) < 4.78 is 1.68.